The van der Waals surface area contributed by atoms with Gasteiger partial charge in [0.05, 0.1) is 13.7 Å². The summed E-state index contributed by atoms with van der Waals surface area (Å²) >= 11 is 9.40. The van der Waals surface area contributed by atoms with Crippen LogP contribution in [0.25, 0.3) is 0 Å². The van der Waals surface area contributed by atoms with Gasteiger partial charge in [-0.05, 0) is 49.4 Å². The molecule has 0 atom stereocenters. The number of esters is 1. The molecule has 0 aromatic heterocycles. The third-order valence-electron chi connectivity index (χ3n) is 2.88. The Bertz CT molecular complexity index is 424. The van der Waals surface area contributed by atoms with Crippen molar-refractivity contribution in [3.8, 4) is 5.75 Å². The smallest absolute Gasteiger partial charge is 0.305 e. The van der Waals surface area contributed by atoms with E-state index in [1.807, 2.05) is 12.1 Å². The van der Waals surface area contributed by atoms with Gasteiger partial charge in [-0.25, -0.2) is 0 Å². The number of carbonyl (C=O) groups is 1. The lowest BCUT2D eigenvalue weighted by molar-refractivity contribution is -0.140. The summed E-state index contributed by atoms with van der Waals surface area (Å²) in [5.41, 5.74) is 0.948. The number of ether oxygens (including phenoxy) is 2. The molecule has 112 valence electrons. The monoisotopic (exact) mass is 362 g/mol. The van der Waals surface area contributed by atoms with Crippen LogP contribution < -0.4 is 4.74 Å². The summed E-state index contributed by atoms with van der Waals surface area (Å²) in [5, 5.41) is 1.68. The average molecular weight is 364 g/mol. The first kappa shape index (κ1) is 17.3. The molecule has 5 heteroatoms. The lowest BCUT2D eigenvalue weighted by atomic mass is 10.1. The van der Waals surface area contributed by atoms with Crippen molar-refractivity contribution in [1.82, 2.24) is 0 Å². The van der Waals surface area contributed by atoms with Crippen LogP contribution in [0.4, 0.5) is 0 Å². The molecule has 0 aliphatic carbocycles. The van der Waals surface area contributed by atoms with Crippen molar-refractivity contribution in [2.75, 3.05) is 19.0 Å². The van der Waals surface area contributed by atoms with Crippen molar-refractivity contribution in [2.24, 2.45) is 0 Å². The maximum absolute atomic E-state index is 11.2. The normalized spacial score (nSPS) is 10.3. The van der Waals surface area contributed by atoms with Gasteiger partial charge in [0.1, 0.15) is 5.75 Å². The lowest BCUT2D eigenvalue weighted by Gasteiger charge is -2.11. The van der Waals surface area contributed by atoms with E-state index in [-0.39, 0.29) is 5.97 Å². The first-order valence-electron chi connectivity index (χ1n) is 6.71. The van der Waals surface area contributed by atoms with Crippen LogP contribution in [-0.2, 0) is 16.0 Å². The minimum absolute atomic E-state index is 0.228. The van der Waals surface area contributed by atoms with Crippen LogP contribution in [0.15, 0.2) is 18.2 Å². The van der Waals surface area contributed by atoms with Crippen LogP contribution in [0.3, 0.4) is 0 Å². The predicted octanol–water partition coefficient (Wildman–Crippen LogP) is 4.39. The summed E-state index contributed by atoms with van der Waals surface area (Å²) in [7, 11) is 1.39. The number of methoxy groups -OCH3 is 1. The Kier molecular flexibility index (Phi) is 8.70. The van der Waals surface area contributed by atoms with E-state index in [9.17, 15) is 4.79 Å². The molecule has 0 fully saturated rings. The maximum Gasteiger partial charge on any atom is 0.305 e. The van der Waals surface area contributed by atoms with Crippen LogP contribution >= 0.6 is 27.5 Å². The van der Waals surface area contributed by atoms with Crippen molar-refractivity contribution in [2.45, 2.75) is 32.1 Å². The molecule has 0 aliphatic rings. The molecule has 0 radical (unpaired) electrons. The molecule has 0 saturated heterocycles. The SMILES string of the molecule is COC(=O)CCc1cc(Cl)ccc1OCCCCCBr. The molecule has 1 rings (SSSR count). The first-order valence-corrected chi connectivity index (χ1v) is 8.21. The van der Waals surface area contributed by atoms with Gasteiger partial charge in [-0.2, -0.15) is 0 Å². The summed E-state index contributed by atoms with van der Waals surface area (Å²) in [6.07, 6.45) is 4.21. The van der Waals surface area contributed by atoms with Gasteiger partial charge in [0.25, 0.3) is 0 Å². The van der Waals surface area contributed by atoms with Crippen LogP contribution in [0.2, 0.25) is 5.02 Å². The van der Waals surface area contributed by atoms with Gasteiger partial charge in [-0.3, -0.25) is 4.79 Å². The van der Waals surface area contributed by atoms with Crippen LogP contribution in [0.1, 0.15) is 31.2 Å². The topological polar surface area (TPSA) is 35.5 Å². The van der Waals surface area contributed by atoms with E-state index in [0.717, 1.165) is 35.9 Å². The molecule has 0 aliphatic heterocycles. The summed E-state index contributed by atoms with van der Waals surface area (Å²) in [4.78, 5) is 11.2. The molecule has 0 spiro atoms. The Balaban J connectivity index is 2.53. The van der Waals surface area contributed by atoms with E-state index in [1.165, 1.54) is 7.11 Å². The largest absolute Gasteiger partial charge is 0.493 e. The third-order valence-corrected chi connectivity index (χ3v) is 3.68. The van der Waals surface area contributed by atoms with Crippen LogP contribution in [0.5, 0.6) is 5.75 Å². The van der Waals surface area contributed by atoms with E-state index < -0.39 is 0 Å². The molecule has 0 bridgehead atoms. The predicted molar refractivity (Wildman–Crippen MR) is 84.9 cm³/mol. The minimum atomic E-state index is -0.228. The fourth-order valence-electron chi connectivity index (χ4n) is 1.78. The highest BCUT2D eigenvalue weighted by molar-refractivity contribution is 9.09. The highest BCUT2D eigenvalue weighted by Gasteiger charge is 2.08. The maximum atomic E-state index is 11.2. The van der Waals surface area contributed by atoms with Crippen LogP contribution in [-0.4, -0.2) is 25.0 Å². The molecule has 0 amide bonds. The molecular formula is C15H20BrClO3. The zero-order valence-electron chi connectivity index (χ0n) is 11.7. The van der Waals surface area contributed by atoms with E-state index in [2.05, 4.69) is 20.7 Å². The Morgan fingerprint density at radius 1 is 1.30 bits per heavy atom. The number of aryl methyl sites for hydroxylation is 1. The van der Waals surface area contributed by atoms with Crippen molar-refractivity contribution < 1.29 is 14.3 Å². The van der Waals surface area contributed by atoms with E-state index in [1.54, 1.807) is 6.07 Å². The molecule has 1 aromatic carbocycles. The molecule has 0 heterocycles. The Morgan fingerprint density at radius 3 is 2.80 bits per heavy atom. The number of carbonyl (C=O) groups excluding carboxylic acids is 1. The number of halogens is 2. The Morgan fingerprint density at radius 2 is 2.10 bits per heavy atom. The summed E-state index contributed by atoms with van der Waals surface area (Å²) < 4.78 is 10.4. The quantitative estimate of drug-likeness (QED) is 0.371. The second-order valence-corrected chi connectivity index (χ2v) is 5.66. The lowest BCUT2D eigenvalue weighted by Crippen LogP contribution is -2.05. The minimum Gasteiger partial charge on any atom is -0.493 e. The van der Waals surface area contributed by atoms with E-state index in [0.29, 0.717) is 24.5 Å². The second kappa shape index (κ2) is 10.1. The number of unbranched alkanes of at least 4 members (excludes halogenated alkanes) is 2. The third kappa shape index (κ3) is 6.62. The first-order chi connectivity index (χ1) is 9.67. The standard InChI is InChI=1S/C15H20BrClO3/c1-19-15(18)8-5-12-11-13(17)6-7-14(12)20-10-4-2-3-9-16/h6-7,11H,2-5,8-10H2,1H3. The number of rotatable bonds is 9. The highest BCUT2D eigenvalue weighted by atomic mass is 79.9. The second-order valence-electron chi connectivity index (χ2n) is 4.43. The average Bonchev–Trinajstić information content (AvgIpc) is 2.46. The van der Waals surface area contributed by atoms with Gasteiger partial charge in [-0.15, -0.1) is 0 Å². The fourth-order valence-corrected chi connectivity index (χ4v) is 2.37. The van der Waals surface area contributed by atoms with E-state index >= 15 is 0 Å². The number of benzene rings is 1. The zero-order valence-corrected chi connectivity index (χ0v) is 14.0. The van der Waals surface area contributed by atoms with Gasteiger partial charge in [0, 0.05) is 16.8 Å². The molecule has 0 N–H and O–H groups in total. The number of hydrogen-bond donors (Lipinski definition) is 0. The molecule has 20 heavy (non-hydrogen) atoms. The van der Waals surface area contributed by atoms with Gasteiger partial charge < -0.3 is 9.47 Å². The van der Waals surface area contributed by atoms with Crippen molar-refractivity contribution in [3.05, 3.63) is 28.8 Å². The number of alkyl halides is 1. The molecule has 1 aromatic rings. The van der Waals surface area contributed by atoms with Gasteiger partial charge in [-0.1, -0.05) is 27.5 Å². The van der Waals surface area contributed by atoms with Gasteiger partial charge >= 0.3 is 5.97 Å². The van der Waals surface area contributed by atoms with Crippen molar-refractivity contribution in [1.29, 1.82) is 0 Å². The van der Waals surface area contributed by atoms with Gasteiger partial charge in [0.15, 0.2) is 0 Å². The van der Waals surface area contributed by atoms with Gasteiger partial charge in [0.2, 0.25) is 0 Å². The zero-order chi connectivity index (χ0) is 14.8. The molecule has 0 unspecified atom stereocenters. The number of hydrogen-bond acceptors (Lipinski definition) is 3. The summed E-state index contributed by atoms with van der Waals surface area (Å²) in [6, 6.07) is 5.51. The molecule has 3 nitrogen and oxygen atoms in total. The molecular weight excluding hydrogens is 344 g/mol. The summed E-state index contributed by atoms with van der Waals surface area (Å²) in [6.45, 7) is 0.680. The van der Waals surface area contributed by atoms with Crippen molar-refractivity contribution in [3.63, 3.8) is 0 Å². The van der Waals surface area contributed by atoms with Crippen LogP contribution in [0, 0.1) is 0 Å². The fraction of sp³-hybridized carbons (Fsp3) is 0.533. The summed E-state index contributed by atoms with van der Waals surface area (Å²) in [5.74, 6) is 0.574. The van der Waals surface area contributed by atoms with E-state index in [4.69, 9.17) is 16.3 Å². The highest BCUT2D eigenvalue weighted by Crippen LogP contribution is 2.24. The Hall–Kier alpha value is -0.740. The Labute approximate surface area is 133 Å². The molecule has 0 saturated carbocycles. The van der Waals surface area contributed by atoms with Crippen molar-refractivity contribution >= 4 is 33.5 Å².